The molecule has 0 saturated carbocycles. The zero-order valence-corrected chi connectivity index (χ0v) is 19.4. The molecule has 5 rings (SSSR count). The van der Waals surface area contributed by atoms with Gasteiger partial charge in [-0.2, -0.15) is 5.10 Å². The van der Waals surface area contributed by atoms with Crippen LogP contribution in [0.2, 0.25) is 0 Å². The number of amides is 1. The highest BCUT2D eigenvalue weighted by Crippen LogP contribution is 2.44. The number of nitrogens with zero attached hydrogens (tertiary/aromatic N) is 4. The number of rotatable bonds is 4. The molecule has 2 N–H and O–H groups in total. The van der Waals surface area contributed by atoms with Crippen molar-refractivity contribution in [3.05, 3.63) is 64.0 Å². The Balaban J connectivity index is 1.74. The molecule has 4 aromatic rings. The molecule has 0 atom stereocenters. The van der Waals surface area contributed by atoms with Crippen molar-refractivity contribution in [2.24, 2.45) is 0 Å². The summed E-state index contributed by atoms with van der Waals surface area (Å²) in [5, 5.41) is 17.8. The molecule has 1 aliphatic rings. The normalized spacial score (nSPS) is 12.2. The maximum Gasteiger partial charge on any atom is 0.413 e. The Morgan fingerprint density at radius 1 is 1.34 bits per heavy atom. The number of aliphatic hydroxyl groups excluding tert-OH is 1. The largest absolute Gasteiger partial charge is 0.453 e. The molecule has 1 aromatic carbocycles. The average Bonchev–Trinajstić information content (AvgIpc) is 3.40. The molecule has 1 aliphatic carbocycles. The Morgan fingerprint density at radius 2 is 2.22 bits per heavy atom. The van der Waals surface area contributed by atoms with Gasteiger partial charge in [0.1, 0.15) is 0 Å². The standard InChI is InChI=1S/C22H18BrN5O3S/c1-31-22(30)26-21-25-16-7-5-14-18(13-3-2-8-24-10-13)27-28(19(14)20(16)32-21)17-9-12(11-29)4-6-15(17)23/h2-4,6,8-10,29H,5,7,11H2,1H3,(H,25,26,30). The van der Waals surface area contributed by atoms with Crippen LogP contribution in [-0.2, 0) is 24.2 Å². The van der Waals surface area contributed by atoms with E-state index in [-0.39, 0.29) is 6.61 Å². The number of halogens is 1. The van der Waals surface area contributed by atoms with E-state index >= 15 is 0 Å². The Kier molecular flexibility index (Phi) is 5.50. The maximum atomic E-state index is 11.7. The quantitative estimate of drug-likeness (QED) is 0.415. The highest BCUT2D eigenvalue weighted by molar-refractivity contribution is 9.10. The van der Waals surface area contributed by atoms with Gasteiger partial charge in [0.2, 0.25) is 0 Å². The minimum atomic E-state index is -0.556. The van der Waals surface area contributed by atoms with E-state index in [2.05, 4.69) is 31.2 Å². The number of fused-ring (bicyclic) bond motifs is 3. The molecule has 0 saturated heterocycles. The van der Waals surface area contributed by atoms with E-state index in [1.807, 2.05) is 35.0 Å². The second-order valence-corrected chi connectivity index (χ2v) is 9.04. The lowest BCUT2D eigenvalue weighted by Crippen LogP contribution is -2.10. The van der Waals surface area contributed by atoms with Crippen LogP contribution in [0.5, 0.6) is 0 Å². The number of carbonyl (C=O) groups is 1. The van der Waals surface area contributed by atoms with Crippen molar-refractivity contribution >= 4 is 38.5 Å². The molecular formula is C22H18BrN5O3S. The van der Waals surface area contributed by atoms with Gasteiger partial charge in [-0.15, -0.1) is 0 Å². The lowest BCUT2D eigenvalue weighted by molar-refractivity contribution is 0.187. The number of aromatic nitrogens is 4. The van der Waals surface area contributed by atoms with Gasteiger partial charge < -0.3 is 9.84 Å². The van der Waals surface area contributed by atoms with Gasteiger partial charge in [0, 0.05) is 28.0 Å². The molecule has 0 bridgehead atoms. The third-order valence-corrected chi connectivity index (χ3v) is 6.95. The second-order valence-electron chi connectivity index (χ2n) is 7.18. The summed E-state index contributed by atoms with van der Waals surface area (Å²) >= 11 is 5.03. The highest BCUT2D eigenvalue weighted by atomic mass is 79.9. The van der Waals surface area contributed by atoms with Crippen molar-refractivity contribution in [1.82, 2.24) is 19.7 Å². The fourth-order valence-corrected chi connectivity index (χ4v) is 5.26. The molecule has 8 nitrogen and oxygen atoms in total. The van der Waals surface area contributed by atoms with Crippen LogP contribution in [0.15, 0.2) is 47.2 Å². The van der Waals surface area contributed by atoms with Gasteiger partial charge in [0.25, 0.3) is 0 Å². The summed E-state index contributed by atoms with van der Waals surface area (Å²) in [6, 6.07) is 9.56. The number of aryl methyl sites for hydroxylation is 1. The smallest absolute Gasteiger partial charge is 0.413 e. The predicted octanol–water partition coefficient (Wildman–Crippen LogP) is 4.59. The molecule has 32 heavy (non-hydrogen) atoms. The summed E-state index contributed by atoms with van der Waals surface area (Å²) in [4.78, 5) is 21.5. The SMILES string of the molecule is COC(=O)Nc1nc2c(s1)-c1c(c(-c3cccnc3)nn1-c1cc(CO)ccc1Br)CC2. The number of aliphatic hydroxyl groups is 1. The molecule has 0 spiro atoms. The first-order chi connectivity index (χ1) is 15.6. The van der Waals surface area contributed by atoms with Crippen LogP contribution in [0.25, 0.3) is 27.5 Å². The summed E-state index contributed by atoms with van der Waals surface area (Å²) in [6.07, 6.45) is 4.47. The zero-order chi connectivity index (χ0) is 22.2. The van der Waals surface area contributed by atoms with Gasteiger partial charge in [-0.05, 0) is 58.6 Å². The lowest BCUT2D eigenvalue weighted by Gasteiger charge is -2.15. The van der Waals surface area contributed by atoms with Gasteiger partial charge in [-0.3, -0.25) is 10.3 Å². The third-order valence-electron chi connectivity index (χ3n) is 5.26. The van der Waals surface area contributed by atoms with Crippen LogP contribution in [0.3, 0.4) is 0 Å². The van der Waals surface area contributed by atoms with E-state index in [1.165, 1.54) is 18.4 Å². The summed E-state index contributed by atoms with van der Waals surface area (Å²) in [5.74, 6) is 0. The van der Waals surface area contributed by atoms with Crippen molar-refractivity contribution in [2.75, 3.05) is 12.4 Å². The molecule has 0 aliphatic heterocycles. The number of hydrogen-bond donors (Lipinski definition) is 2. The van der Waals surface area contributed by atoms with E-state index in [4.69, 9.17) is 9.84 Å². The number of benzene rings is 1. The summed E-state index contributed by atoms with van der Waals surface area (Å²) < 4.78 is 7.45. The van der Waals surface area contributed by atoms with Gasteiger partial charge >= 0.3 is 6.09 Å². The lowest BCUT2D eigenvalue weighted by atomic mass is 9.95. The Morgan fingerprint density at radius 3 is 2.97 bits per heavy atom. The number of ether oxygens (including phenoxy) is 1. The zero-order valence-electron chi connectivity index (χ0n) is 17.0. The van der Waals surface area contributed by atoms with E-state index < -0.39 is 6.09 Å². The molecular weight excluding hydrogens is 494 g/mol. The van der Waals surface area contributed by atoms with E-state index in [0.29, 0.717) is 5.13 Å². The Hall–Kier alpha value is -3.08. The van der Waals surface area contributed by atoms with Gasteiger partial charge in [-0.25, -0.2) is 14.5 Å². The number of pyridine rings is 1. The van der Waals surface area contributed by atoms with Gasteiger partial charge in [0.15, 0.2) is 5.13 Å². The number of hydrogen-bond acceptors (Lipinski definition) is 7. The Labute approximate surface area is 196 Å². The summed E-state index contributed by atoms with van der Waals surface area (Å²) in [5.41, 5.74) is 6.31. The van der Waals surface area contributed by atoms with Crippen LogP contribution in [0, 0.1) is 0 Å². The van der Waals surface area contributed by atoms with Gasteiger partial charge in [-0.1, -0.05) is 17.4 Å². The van der Waals surface area contributed by atoms with Crippen molar-refractivity contribution in [2.45, 2.75) is 19.4 Å². The molecule has 10 heteroatoms. The predicted molar refractivity (Wildman–Crippen MR) is 125 cm³/mol. The van der Waals surface area contributed by atoms with E-state index in [9.17, 15) is 9.90 Å². The monoisotopic (exact) mass is 511 g/mol. The van der Waals surface area contributed by atoms with Crippen molar-refractivity contribution in [1.29, 1.82) is 0 Å². The average molecular weight is 512 g/mol. The van der Waals surface area contributed by atoms with E-state index in [0.717, 1.165) is 61.7 Å². The number of anilines is 1. The van der Waals surface area contributed by atoms with Crippen LogP contribution in [0.1, 0.15) is 16.8 Å². The highest BCUT2D eigenvalue weighted by Gasteiger charge is 2.30. The van der Waals surface area contributed by atoms with E-state index in [1.54, 1.807) is 12.4 Å². The Bertz CT molecular complexity index is 1320. The first-order valence-electron chi connectivity index (χ1n) is 9.86. The third kappa shape index (κ3) is 3.60. The summed E-state index contributed by atoms with van der Waals surface area (Å²) in [6.45, 7) is -0.0712. The second kappa shape index (κ2) is 8.45. The minimum Gasteiger partial charge on any atom is -0.453 e. The number of carbonyl (C=O) groups excluding carboxylic acids is 1. The molecule has 0 unspecified atom stereocenters. The first kappa shape index (κ1) is 20.8. The molecule has 3 aromatic heterocycles. The number of thiazole rings is 1. The number of nitrogens with one attached hydrogen (secondary N) is 1. The van der Waals surface area contributed by atoms with Gasteiger partial charge in [0.05, 0.1) is 41.4 Å². The van der Waals surface area contributed by atoms with Crippen molar-refractivity contribution in [3.8, 4) is 27.5 Å². The van der Waals surface area contributed by atoms with Crippen LogP contribution < -0.4 is 5.32 Å². The molecule has 3 heterocycles. The fourth-order valence-electron chi connectivity index (χ4n) is 3.79. The maximum absolute atomic E-state index is 11.7. The molecule has 162 valence electrons. The number of methoxy groups -OCH3 is 1. The minimum absolute atomic E-state index is 0.0712. The van der Waals surface area contributed by atoms with Crippen molar-refractivity contribution in [3.63, 3.8) is 0 Å². The van der Waals surface area contributed by atoms with Crippen LogP contribution in [-0.4, -0.2) is 38.1 Å². The molecule has 0 radical (unpaired) electrons. The van der Waals surface area contributed by atoms with Crippen molar-refractivity contribution < 1.29 is 14.6 Å². The van der Waals surface area contributed by atoms with Crippen LogP contribution in [0.4, 0.5) is 9.93 Å². The topological polar surface area (TPSA) is 102 Å². The van der Waals surface area contributed by atoms with Crippen LogP contribution >= 0.6 is 27.3 Å². The first-order valence-corrected chi connectivity index (χ1v) is 11.5. The fraction of sp³-hybridized carbons (Fsp3) is 0.182. The molecule has 0 fully saturated rings. The summed E-state index contributed by atoms with van der Waals surface area (Å²) in [7, 11) is 1.32. The molecule has 1 amide bonds.